The average Bonchev–Trinajstić information content (AvgIpc) is 3.32. The van der Waals surface area contributed by atoms with Crippen molar-refractivity contribution in [1.82, 2.24) is 4.98 Å². The first kappa shape index (κ1) is 18.0. The normalized spacial score (nSPS) is 21.8. The number of rotatable bonds is 3. The van der Waals surface area contributed by atoms with Gasteiger partial charge in [-0.05, 0) is 50.2 Å². The fourth-order valence-electron chi connectivity index (χ4n) is 3.24. The highest BCUT2D eigenvalue weighted by Crippen LogP contribution is 2.54. The maximum atomic E-state index is 13.1. The largest absolute Gasteiger partial charge is 0.465 e. The van der Waals surface area contributed by atoms with E-state index in [-0.39, 0.29) is 11.4 Å². The molecule has 0 aromatic carbocycles. The molecule has 1 aliphatic carbocycles. The predicted molar refractivity (Wildman–Crippen MR) is 84.3 cm³/mol. The van der Waals surface area contributed by atoms with Crippen LogP contribution in [0.2, 0.25) is 0 Å². The molecule has 1 aromatic heterocycles. The summed E-state index contributed by atoms with van der Waals surface area (Å²) in [6.07, 6.45) is -0.656. The summed E-state index contributed by atoms with van der Waals surface area (Å²) >= 11 is 0. The number of hydrogen-bond donors (Lipinski definition) is 1. The van der Waals surface area contributed by atoms with E-state index in [1.807, 2.05) is 4.90 Å². The molecule has 1 saturated heterocycles. The summed E-state index contributed by atoms with van der Waals surface area (Å²) in [6, 6.07) is 2.26. The molecule has 1 saturated carbocycles. The molecule has 1 unspecified atom stereocenters. The third kappa shape index (κ3) is 3.19. The first-order valence-electron chi connectivity index (χ1n) is 8.24. The zero-order valence-electron chi connectivity index (χ0n) is 14.2. The number of hydrogen-bond acceptors (Lipinski definition) is 5. The van der Waals surface area contributed by atoms with Gasteiger partial charge in [-0.3, -0.25) is 0 Å². The van der Waals surface area contributed by atoms with Crippen molar-refractivity contribution in [3.63, 3.8) is 0 Å². The Kier molecular flexibility index (Phi) is 4.21. The van der Waals surface area contributed by atoms with E-state index >= 15 is 0 Å². The van der Waals surface area contributed by atoms with E-state index in [0.29, 0.717) is 25.4 Å². The summed E-state index contributed by atoms with van der Waals surface area (Å²) in [5.41, 5.74) is -3.15. The Morgan fingerprint density at radius 2 is 1.84 bits per heavy atom. The first-order chi connectivity index (χ1) is 11.6. The molecule has 2 fully saturated rings. The van der Waals surface area contributed by atoms with Crippen molar-refractivity contribution in [2.45, 2.75) is 44.4 Å². The second-order valence-corrected chi connectivity index (χ2v) is 7.12. The maximum Gasteiger partial charge on any atom is 0.422 e. The van der Waals surface area contributed by atoms with Crippen LogP contribution in [0.3, 0.4) is 0 Å². The van der Waals surface area contributed by atoms with Crippen molar-refractivity contribution in [3.8, 4) is 0 Å². The Hall–Kier alpha value is -1.83. The van der Waals surface area contributed by atoms with Crippen molar-refractivity contribution < 1.29 is 27.8 Å². The number of halogens is 3. The zero-order chi connectivity index (χ0) is 18.5. The molecule has 0 radical (unpaired) electrons. The number of carbonyl (C=O) groups excluding carboxylic acids is 1. The Balaban J connectivity index is 1.98. The molecule has 25 heavy (non-hydrogen) atoms. The van der Waals surface area contributed by atoms with Crippen LogP contribution in [0.15, 0.2) is 12.1 Å². The Morgan fingerprint density at radius 3 is 2.32 bits per heavy atom. The number of ether oxygens (including phenoxy) is 1. The van der Waals surface area contributed by atoms with Gasteiger partial charge in [0.05, 0.1) is 12.8 Å². The molecule has 1 aliphatic heterocycles. The number of esters is 1. The van der Waals surface area contributed by atoms with Crippen LogP contribution < -0.4 is 4.90 Å². The van der Waals surface area contributed by atoms with Crippen molar-refractivity contribution in [2.75, 3.05) is 25.1 Å². The van der Waals surface area contributed by atoms with Crippen molar-refractivity contribution >= 4 is 11.8 Å². The molecule has 1 spiro atoms. The van der Waals surface area contributed by atoms with Gasteiger partial charge in [0.2, 0.25) is 0 Å². The fraction of sp³-hybridized carbons (Fsp3) is 0.647. The fourth-order valence-corrected chi connectivity index (χ4v) is 3.24. The van der Waals surface area contributed by atoms with Crippen LogP contribution in [0.1, 0.15) is 48.7 Å². The first-order valence-corrected chi connectivity index (χ1v) is 8.24. The number of aliphatic hydroxyl groups is 1. The predicted octanol–water partition coefficient (Wildman–Crippen LogP) is 3.02. The van der Waals surface area contributed by atoms with E-state index < -0.39 is 23.4 Å². The summed E-state index contributed by atoms with van der Waals surface area (Å²) in [6.45, 7) is 1.90. The lowest BCUT2D eigenvalue weighted by molar-refractivity contribution is -0.260. The standard InChI is InChI=1S/C17H21F3N2O3/c1-15(24,17(18,19)20)12-4-3-11(14(23)25-2)13(21-12)22-9-7-16(5-6-16)8-10-22/h3-4,24H,5-10H2,1-2H3. The Bertz CT molecular complexity index is 674. The van der Waals surface area contributed by atoms with Crippen molar-refractivity contribution in [3.05, 3.63) is 23.4 Å². The SMILES string of the molecule is COC(=O)c1ccc(C(C)(O)C(F)(F)F)nc1N1CCC2(CC1)CC2. The lowest BCUT2D eigenvalue weighted by Gasteiger charge is -2.35. The average molecular weight is 358 g/mol. The van der Waals surface area contributed by atoms with Gasteiger partial charge in [-0.15, -0.1) is 0 Å². The maximum absolute atomic E-state index is 13.1. The van der Waals surface area contributed by atoms with Crippen LogP contribution in [0.5, 0.6) is 0 Å². The number of nitrogens with zero attached hydrogens (tertiary/aromatic N) is 2. The van der Waals surface area contributed by atoms with E-state index in [4.69, 9.17) is 4.74 Å². The van der Waals surface area contributed by atoms with Crippen LogP contribution in [0.4, 0.5) is 19.0 Å². The van der Waals surface area contributed by atoms with E-state index in [2.05, 4.69) is 4.98 Å². The van der Waals surface area contributed by atoms with Gasteiger partial charge >= 0.3 is 12.1 Å². The van der Waals surface area contributed by atoms with Crippen molar-refractivity contribution in [2.24, 2.45) is 5.41 Å². The molecule has 0 amide bonds. The lowest BCUT2D eigenvalue weighted by Crippen LogP contribution is -2.41. The van der Waals surface area contributed by atoms with Crippen LogP contribution in [0.25, 0.3) is 0 Å². The summed E-state index contributed by atoms with van der Waals surface area (Å²) in [4.78, 5) is 17.8. The van der Waals surface area contributed by atoms with Crippen molar-refractivity contribution in [1.29, 1.82) is 0 Å². The molecule has 0 bridgehead atoms. The van der Waals surface area contributed by atoms with Crippen LogP contribution in [-0.2, 0) is 10.3 Å². The highest BCUT2D eigenvalue weighted by molar-refractivity contribution is 5.94. The molecule has 138 valence electrons. The van der Waals surface area contributed by atoms with E-state index in [9.17, 15) is 23.1 Å². The number of piperidine rings is 1. The van der Waals surface area contributed by atoms with Gasteiger partial charge in [0.15, 0.2) is 5.60 Å². The molecule has 3 rings (SSSR count). The van der Waals surface area contributed by atoms with Gasteiger partial charge in [-0.25, -0.2) is 9.78 Å². The monoisotopic (exact) mass is 358 g/mol. The molecule has 8 heteroatoms. The number of aromatic nitrogens is 1. The molecular weight excluding hydrogens is 337 g/mol. The van der Waals surface area contributed by atoms with Crippen LogP contribution >= 0.6 is 0 Å². The van der Waals surface area contributed by atoms with E-state index in [1.54, 1.807) is 0 Å². The van der Waals surface area contributed by atoms with Crippen LogP contribution in [0, 0.1) is 5.41 Å². The molecule has 1 aromatic rings. The quantitative estimate of drug-likeness (QED) is 0.842. The zero-order valence-corrected chi connectivity index (χ0v) is 14.2. The smallest absolute Gasteiger partial charge is 0.422 e. The molecular formula is C17H21F3N2O3. The third-order valence-electron chi connectivity index (χ3n) is 5.41. The highest BCUT2D eigenvalue weighted by Gasteiger charge is 2.53. The molecule has 2 heterocycles. The molecule has 2 aliphatic rings. The lowest BCUT2D eigenvalue weighted by atomic mass is 9.93. The summed E-state index contributed by atoms with van der Waals surface area (Å²) in [5, 5.41) is 9.90. The van der Waals surface area contributed by atoms with Gasteiger partial charge in [0.25, 0.3) is 0 Å². The molecule has 5 nitrogen and oxygen atoms in total. The third-order valence-corrected chi connectivity index (χ3v) is 5.41. The summed E-state index contributed by atoms with van der Waals surface area (Å²) in [7, 11) is 1.21. The number of anilines is 1. The summed E-state index contributed by atoms with van der Waals surface area (Å²) < 4.78 is 44.1. The number of carbonyl (C=O) groups is 1. The second kappa shape index (κ2) is 5.86. The number of methoxy groups -OCH3 is 1. The minimum atomic E-state index is -4.87. The van der Waals surface area contributed by atoms with Gasteiger partial charge in [0, 0.05) is 13.1 Å². The van der Waals surface area contributed by atoms with Gasteiger partial charge in [0.1, 0.15) is 11.4 Å². The van der Waals surface area contributed by atoms with Gasteiger partial charge in [-0.2, -0.15) is 13.2 Å². The topological polar surface area (TPSA) is 62.7 Å². The van der Waals surface area contributed by atoms with E-state index in [0.717, 1.165) is 18.9 Å². The minimum Gasteiger partial charge on any atom is -0.465 e. The minimum absolute atomic E-state index is 0.107. The molecule has 1 N–H and O–H groups in total. The van der Waals surface area contributed by atoms with Crippen LogP contribution in [-0.4, -0.2) is 42.4 Å². The number of alkyl halides is 3. The summed E-state index contributed by atoms with van der Waals surface area (Å²) in [5.74, 6) is -0.517. The van der Waals surface area contributed by atoms with E-state index in [1.165, 1.54) is 26.0 Å². The Labute approximate surface area is 143 Å². The Morgan fingerprint density at radius 1 is 1.24 bits per heavy atom. The van der Waals surface area contributed by atoms with Gasteiger partial charge < -0.3 is 14.7 Å². The number of pyridine rings is 1. The molecule has 1 atom stereocenters. The van der Waals surface area contributed by atoms with Gasteiger partial charge in [-0.1, -0.05) is 0 Å². The second-order valence-electron chi connectivity index (χ2n) is 7.12. The highest BCUT2D eigenvalue weighted by atomic mass is 19.4.